The number of halogens is 1. The topological polar surface area (TPSA) is 58.4 Å². The summed E-state index contributed by atoms with van der Waals surface area (Å²) in [5.74, 6) is 1.37. The molecule has 114 valence electrons. The Morgan fingerprint density at radius 1 is 1.48 bits per heavy atom. The van der Waals surface area contributed by atoms with Gasteiger partial charge in [-0.3, -0.25) is 15.0 Å². The van der Waals surface area contributed by atoms with Crippen LogP contribution < -0.4 is 5.32 Å². The second kappa shape index (κ2) is 5.34. The van der Waals surface area contributed by atoms with Gasteiger partial charge in [0.25, 0.3) is 5.69 Å². The molecule has 2 saturated heterocycles. The maximum absolute atomic E-state index is 11.1. The van der Waals surface area contributed by atoms with Gasteiger partial charge < -0.3 is 5.32 Å². The van der Waals surface area contributed by atoms with Crippen LogP contribution in [-0.4, -0.2) is 35.0 Å². The van der Waals surface area contributed by atoms with Gasteiger partial charge >= 0.3 is 0 Å². The van der Waals surface area contributed by atoms with Crippen molar-refractivity contribution in [1.29, 1.82) is 0 Å². The lowest BCUT2D eigenvalue weighted by atomic mass is 9.85. The van der Waals surface area contributed by atoms with Gasteiger partial charge in [0.05, 0.1) is 9.40 Å². The monoisotopic (exact) mass is 353 g/mol. The lowest BCUT2D eigenvalue weighted by molar-refractivity contribution is -0.385. The highest BCUT2D eigenvalue weighted by Crippen LogP contribution is 2.41. The third-order valence-electron chi connectivity index (χ3n) is 5.10. The van der Waals surface area contributed by atoms with E-state index in [1.807, 2.05) is 6.07 Å². The molecular formula is C15H20BrN3O2. The second-order valence-corrected chi connectivity index (χ2v) is 7.46. The first-order valence-corrected chi connectivity index (χ1v) is 8.07. The molecule has 0 aliphatic carbocycles. The molecule has 1 aromatic carbocycles. The summed E-state index contributed by atoms with van der Waals surface area (Å²) in [6.07, 6.45) is 0. The summed E-state index contributed by atoms with van der Waals surface area (Å²) in [6, 6.07) is 5.44. The van der Waals surface area contributed by atoms with E-state index >= 15 is 0 Å². The molecule has 0 bridgehead atoms. The molecule has 6 heteroatoms. The summed E-state index contributed by atoms with van der Waals surface area (Å²) in [5.41, 5.74) is 1.29. The molecule has 1 aromatic rings. The molecule has 21 heavy (non-hydrogen) atoms. The van der Waals surface area contributed by atoms with Crippen LogP contribution in [-0.2, 0) is 6.54 Å². The summed E-state index contributed by atoms with van der Waals surface area (Å²) < 4.78 is 0.540. The molecule has 2 fully saturated rings. The van der Waals surface area contributed by atoms with Gasteiger partial charge in [-0.2, -0.15) is 0 Å². The van der Waals surface area contributed by atoms with Crippen LogP contribution in [0.1, 0.15) is 19.4 Å². The van der Waals surface area contributed by atoms with Crippen LogP contribution in [0.4, 0.5) is 5.69 Å². The summed E-state index contributed by atoms with van der Waals surface area (Å²) in [6.45, 7) is 8.58. The molecule has 0 radical (unpaired) electrons. The van der Waals surface area contributed by atoms with Gasteiger partial charge in [0.2, 0.25) is 0 Å². The van der Waals surface area contributed by atoms with Crippen molar-refractivity contribution in [2.45, 2.75) is 25.9 Å². The van der Waals surface area contributed by atoms with Crippen LogP contribution >= 0.6 is 15.9 Å². The third-order valence-corrected chi connectivity index (χ3v) is 5.77. The lowest BCUT2D eigenvalue weighted by Gasteiger charge is -2.35. The normalized spacial score (nSPS) is 27.8. The largest absolute Gasteiger partial charge is 0.316 e. The first-order chi connectivity index (χ1) is 9.89. The van der Waals surface area contributed by atoms with E-state index in [2.05, 4.69) is 40.0 Å². The molecule has 5 nitrogen and oxygen atoms in total. The molecule has 0 saturated carbocycles. The first kappa shape index (κ1) is 14.9. The number of nitrogens with zero attached hydrogens (tertiary/aromatic N) is 2. The van der Waals surface area contributed by atoms with E-state index in [1.165, 1.54) is 0 Å². The minimum absolute atomic E-state index is 0.135. The zero-order chi connectivity index (χ0) is 15.2. The number of likely N-dealkylation sites (tertiary alicyclic amines) is 1. The molecule has 1 N–H and O–H groups in total. The van der Waals surface area contributed by atoms with Crippen molar-refractivity contribution in [3.05, 3.63) is 38.3 Å². The van der Waals surface area contributed by atoms with E-state index in [9.17, 15) is 10.1 Å². The van der Waals surface area contributed by atoms with Crippen molar-refractivity contribution in [1.82, 2.24) is 10.2 Å². The number of hydrogen-bond acceptors (Lipinski definition) is 4. The van der Waals surface area contributed by atoms with Crippen LogP contribution in [0, 0.1) is 22.0 Å². The van der Waals surface area contributed by atoms with Crippen LogP contribution in [0.5, 0.6) is 0 Å². The number of benzene rings is 1. The van der Waals surface area contributed by atoms with Crippen molar-refractivity contribution < 1.29 is 4.92 Å². The fourth-order valence-electron chi connectivity index (χ4n) is 3.79. The van der Waals surface area contributed by atoms with Crippen molar-refractivity contribution in [3.8, 4) is 0 Å². The van der Waals surface area contributed by atoms with Gasteiger partial charge in [0.1, 0.15) is 0 Å². The van der Waals surface area contributed by atoms with E-state index in [4.69, 9.17) is 0 Å². The van der Waals surface area contributed by atoms with Crippen molar-refractivity contribution in [2.24, 2.45) is 11.8 Å². The minimum Gasteiger partial charge on any atom is -0.316 e. The Labute approximate surface area is 133 Å². The molecule has 2 aliphatic heterocycles. The van der Waals surface area contributed by atoms with Crippen LogP contribution in [0.25, 0.3) is 0 Å². The first-order valence-electron chi connectivity index (χ1n) is 7.28. The number of nitrogens with one attached hydrogen (secondary N) is 1. The maximum Gasteiger partial charge on any atom is 0.283 e. The number of rotatable bonds is 3. The highest BCUT2D eigenvalue weighted by Gasteiger charge is 2.49. The average molecular weight is 354 g/mol. The Balaban J connectivity index is 1.81. The Morgan fingerprint density at radius 2 is 2.24 bits per heavy atom. The lowest BCUT2D eigenvalue weighted by Crippen LogP contribution is -2.43. The highest BCUT2D eigenvalue weighted by molar-refractivity contribution is 9.10. The number of fused-ring (bicyclic) bond motifs is 1. The van der Waals surface area contributed by atoms with Gasteiger partial charge in [0, 0.05) is 31.2 Å². The van der Waals surface area contributed by atoms with Crippen LogP contribution in [0.15, 0.2) is 22.7 Å². The van der Waals surface area contributed by atoms with E-state index in [0.29, 0.717) is 16.3 Å². The van der Waals surface area contributed by atoms with Gasteiger partial charge in [-0.15, -0.1) is 0 Å². The summed E-state index contributed by atoms with van der Waals surface area (Å²) in [4.78, 5) is 13.2. The van der Waals surface area contributed by atoms with Gasteiger partial charge in [-0.05, 0) is 59.8 Å². The zero-order valence-corrected chi connectivity index (χ0v) is 13.9. The Morgan fingerprint density at radius 3 is 2.90 bits per heavy atom. The molecule has 2 atom stereocenters. The van der Waals surface area contributed by atoms with Crippen molar-refractivity contribution >= 4 is 21.6 Å². The summed E-state index contributed by atoms with van der Waals surface area (Å²) in [5, 5.41) is 14.5. The highest BCUT2D eigenvalue weighted by atomic mass is 79.9. The Bertz CT molecular complexity index is 576. The zero-order valence-electron chi connectivity index (χ0n) is 12.3. The quantitative estimate of drug-likeness (QED) is 0.670. The van der Waals surface area contributed by atoms with Crippen LogP contribution in [0.2, 0.25) is 0 Å². The van der Waals surface area contributed by atoms with Gasteiger partial charge in [0.15, 0.2) is 0 Å². The second-order valence-electron chi connectivity index (χ2n) is 6.60. The van der Waals surface area contributed by atoms with Crippen molar-refractivity contribution in [3.63, 3.8) is 0 Å². The Hall–Kier alpha value is -0.980. The number of hydrogen-bond donors (Lipinski definition) is 1. The van der Waals surface area contributed by atoms with Crippen LogP contribution in [0.3, 0.4) is 0 Å². The fourth-order valence-corrected chi connectivity index (χ4v) is 4.18. The van der Waals surface area contributed by atoms with E-state index in [1.54, 1.807) is 12.1 Å². The van der Waals surface area contributed by atoms with Gasteiger partial charge in [-0.25, -0.2) is 0 Å². The predicted molar refractivity (Wildman–Crippen MR) is 85.1 cm³/mol. The molecular weight excluding hydrogens is 334 g/mol. The standard InChI is InChI=1S/C15H20BrN3O2/c1-15(2)12-7-17-6-11(12)9-18(15)8-10-3-4-13(16)14(5-10)19(20)21/h3-5,11-12,17H,6-9H2,1-2H3. The molecule has 0 aromatic heterocycles. The van der Waals surface area contributed by atoms with Crippen molar-refractivity contribution in [2.75, 3.05) is 19.6 Å². The Kier molecular flexibility index (Phi) is 3.80. The number of nitro benzene ring substituents is 1. The molecule has 2 heterocycles. The van der Waals surface area contributed by atoms with E-state index < -0.39 is 0 Å². The molecule has 0 spiro atoms. The molecule has 2 aliphatic rings. The smallest absolute Gasteiger partial charge is 0.283 e. The minimum atomic E-state index is -0.332. The molecule has 2 unspecified atom stereocenters. The molecule has 3 rings (SSSR count). The van der Waals surface area contributed by atoms with E-state index in [-0.39, 0.29) is 16.1 Å². The third kappa shape index (κ3) is 2.60. The SMILES string of the molecule is CC1(C)C2CNCC2CN1Cc1ccc(Br)c([N+](=O)[O-])c1. The molecule has 0 amide bonds. The summed E-state index contributed by atoms with van der Waals surface area (Å²) in [7, 11) is 0. The van der Waals surface area contributed by atoms with E-state index in [0.717, 1.165) is 31.7 Å². The summed E-state index contributed by atoms with van der Waals surface area (Å²) >= 11 is 3.24. The predicted octanol–water partition coefficient (Wildman–Crippen LogP) is 2.79. The van der Waals surface area contributed by atoms with Gasteiger partial charge in [-0.1, -0.05) is 6.07 Å². The average Bonchev–Trinajstić information content (AvgIpc) is 2.96. The maximum atomic E-state index is 11.1. The number of nitro groups is 1. The fraction of sp³-hybridized carbons (Fsp3) is 0.600.